The first-order chi connectivity index (χ1) is 18.5. The molecule has 0 radical (unpaired) electrons. The van der Waals surface area contributed by atoms with Gasteiger partial charge in [-0.05, 0) is 61.4 Å². The molecular formula is C31H31NO6. The minimum atomic E-state index is -0.695. The second kappa shape index (κ2) is 12.6. The third kappa shape index (κ3) is 6.42. The van der Waals surface area contributed by atoms with Crippen molar-refractivity contribution in [2.75, 3.05) is 20.3 Å². The summed E-state index contributed by atoms with van der Waals surface area (Å²) in [6.07, 6.45) is 3.47. The second-order valence-electron chi connectivity index (χ2n) is 8.55. The normalized spacial score (nSPS) is 13.3. The van der Waals surface area contributed by atoms with Crippen LogP contribution in [0.5, 0.6) is 17.2 Å². The van der Waals surface area contributed by atoms with Crippen molar-refractivity contribution in [1.29, 1.82) is 0 Å². The maximum absolute atomic E-state index is 13.2. The van der Waals surface area contributed by atoms with Crippen LogP contribution in [0, 0.1) is 0 Å². The molecule has 0 unspecified atom stereocenters. The molecule has 1 aliphatic rings. The van der Waals surface area contributed by atoms with E-state index in [0.29, 0.717) is 34.8 Å². The topological polar surface area (TPSA) is 74.3 Å². The Morgan fingerprint density at radius 1 is 0.737 bits per heavy atom. The zero-order valence-electron chi connectivity index (χ0n) is 21.8. The fourth-order valence-corrected chi connectivity index (χ4v) is 4.26. The van der Waals surface area contributed by atoms with E-state index in [-0.39, 0.29) is 13.2 Å². The molecule has 3 aromatic rings. The smallest absolute Gasteiger partial charge is 0.336 e. The maximum Gasteiger partial charge on any atom is 0.336 e. The fourth-order valence-electron chi connectivity index (χ4n) is 4.26. The van der Waals surface area contributed by atoms with Crippen LogP contribution in [0.15, 0.2) is 102 Å². The molecule has 0 spiro atoms. The number of rotatable bonds is 10. The van der Waals surface area contributed by atoms with Gasteiger partial charge in [0.1, 0.15) is 17.2 Å². The molecule has 196 valence electrons. The van der Waals surface area contributed by atoms with Gasteiger partial charge in [-0.2, -0.15) is 0 Å². The van der Waals surface area contributed by atoms with Gasteiger partial charge in [0, 0.05) is 18.9 Å². The van der Waals surface area contributed by atoms with E-state index in [4.69, 9.17) is 18.9 Å². The standard InChI is InChI=1S/C31H31NO6/c1-4-36-30(33)27-20-32(19-22-14-16-24(35-3)17-15-22)21-28(31(34)37-5-2)29(27)23-10-9-13-26(18-23)38-25-11-7-6-8-12-25/h6-18,20-21,29H,4-5,19H2,1-3H3. The minimum Gasteiger partial charge on any atom is -0.497 e. The average molecular weight is 514 g/mol. The van der Waals surface area contributed by atoms with E-state index in [1.54, 1.807) is 38.3 Å². The van der Waals surface area contributed by atoms with E-state index in [9.17, 15) is 9.59 Å². The summed E-state index contributed by atoms with van der Waals surface area (Å²) in [5.41, 5.74) is 2.35. The minimum absolute atomic E-state index is 0.205. The number of hydrogen-bond donors (Lipinski definition) is 0. The van der Waals surface area contributed by atoms with Gasteiger partial charge >= 0.3 is 11.9 Å². The Morgan fingerprint density at radius 2 is 1.34 bits per heavy atom. The van der Waals surface area contributed by atoms with E-state index in [1.165, 1.54) is 0 Å². The molecular weight excluding hydrogens is 482 g/mol. The lowest BCUT2D eigenvalue weighted by molar-refractivity contribution is -0.139. The molecule has 0 saturated carbocycles. The molecule has 0 aliphatic carbocycles. The lowest BCUT2D eigenvalue weighted by atomic mass is 9.83. The van der Waals surface area contributed by atoms with Gasteiger partial charge in [0.05, 0.1) is 37.4 Å². The summed E-state index contributed by atoms with van der Waals surface area (Å²) < 4.78 is 22.1. The average Bonchev–Trinajstić information content (AvgIpc) is 2.94. The van der Waals surface area contributed by atoms with Crippen LogP contribution in [0.2, 0.25) is 0 Å². The van der Waals surface area contributed by atoms with Gasteiger partial charge < -0.3 is 23.8 Å². The van der Waals surface area contributed by atoms with Gasteiger partial charge in [-0.3, -0.25) is 0 Å². The van der Waals surface area contributed by atoms with E-state index >= 15 is 0 Å². The maximum atomic E-state index is 13.2. The van der Waals surface area contributed by atoms with Gasteiger partial charge in [0.25, 0.3) is 0 Å². The molecule has 38 heavy (non-hydrogen) atoms. The Labute approximate surface area is 222 Å². The fraction of sp³-hybridized carbons (Fsp3) is 0.226. The monoisotopic (exact) mass is 513 g/mol. The van der Waals surface area contributed by atoms with Crippen molar-refractivity contribution in [3.8, 4) is 17.2 Å². The molecule has 0 N–H and O–H groups in total. The zero-order valence-corrected chi connectivity index (χ0v) is 21.8. The summed E-state index contributed by atoms with van der Waals surface area (Å²) in [5, 5.41) is 0. The highest BCUT2D eigenvalue weighted by Gasteiger charge is 2.35. The summed E-state index contributed by atoms with van der Waals surface area (Å²) in [6.45, 7) is 4.34. The van der Waals surface area contributed by atoms with Crippen molar-refractivity contribution in [1.82, 2.24) is 4.90 Å². The molecule has 0 atom stereocenters. The number of esters is 2. The van der Waals surface area contributed by atoms with Crippen LogP contribution >= 0.6 is 0 Å². The number of carbonyl (C=O) groups is 2. The van der Waals surface area contributed by atoms with Gasteiger partial charge in [0.2, 0.25) is 0 Å². The molecule has 0 bridgehead atoms. The largest absolute Gasteiger partial charge is 0.497 e. The first-order valence-electron chi connectivity index (χ1n) is 12.5. The molecule has 4 rings (SSSR count). The number of hydrogen-bond acceptors (Lipinski definition) is 7. The Hall–Kier alpha value is -4.52. The lowest BCUT2D eigenvalue weighted by Gasteiger charge is -2.30. The Balaban J connectivity index is 1.74. The van der Waals surface area contributed by atoms with Crippen LogP contribution in [-0.4, -0.2) is 37.2 Å². The quantitative estimate of drug-likeness (QED) is 0.309. The molecule has 7 heteroatoms. The summed E-state index contributed by atoms with van der Waals surface area (Å²) >= 11 is 0. The molecule has 0 saturated heterocycles. The van der Waals surface area contributed by atoms with Crippen molar-refractivity contribution in [2.24, 2.45) is 0 Å². The van der Waals surface area contributed by atoms with Crippen molar-refractivity contribution >= 4 is 11.9 Å². The molecule has 0 aromatic heterocycles. The first kappa shape index (κ1) is 26.5. The van der Waals surface area contributed by atoms with E-state index in [0.717, 1.165) is 11.3 Å². The van der Waals surface area contributed by atoms with E-state index < -0.39 is 17.9 Å². The van der Waals surface area contributed by atoms with E-state index in [2.05, 4.69) is 0 Å². The van der Waals surface area contributed by atoms with Crippen LogP contribution in [0.4, 0.5) is 0 Å². The first-order valence-corrected chi connectivity index (χ1v) is 12.5. The van der Waals surface area contributed by atoms with Crippen LogP contribution in [0.25, 0.3) is 0 Å². The third-order valence-corrected chi connectivity index (χ3v) is 5.95. The van der Waals surface area contributed by atoms with Crippen molar-refractivity contribution in [3.05, 3.63) is 114 Å². The van der Waals surface area contributed by atoms with Crippen LogP contribution in [-0.2, 0) is 25.6 Å². The summed E-state index contributed by atoms with van der Waals surface area (Å²) in [4.78, 5) is 28.2. The lowest BCUT2D eigenvalue weighted by Crippen LogP contribution is -2.29. The predicted molar refractivity (Wildman–Crippen MR) is 144 cm³/mol. The zero-order chi connectivity index (χ0) is 26.9. The van der Waals surface area contributed by atoms with Crippen LogP contribution < -0.4 is 9.47 Å². The second-order valence-corrected chi connectivity index (χ2v) is 8.55. The highest BCUT2D eigenvalue weighted by molar-refractivity contribution is 5.98. The molecule has 7 nitrogen and oxygen atoms in total. The molecule has 0 amide bonds. The highest BCUT2D eigenvalue weighted by Crippen LogP contribution is 2.39. The molecule has 1 aliphatic heterocycles. The molecule has 0 fully saturated rings. The number of ether oxygens (including phenoxy) is 4. The van der Waals surface area contributed by atoms with E-state index in [1.807, 2.05) is 78.9 Å². The van der Waals surface area contributed by atoms with Crippen molar-refractivity contribution in [3.63, 3.8) is 0 Å². The van der Waals surface area contributed by atoms with Gasteiger partial charge in [0.15, 0.2) is 0 Å². The summed E-state index contributed by atoms with van der Waals surface area (Å²) in [6, 6.07) is 24.4. The van der Waals surface area contributed by atoms with Crippen LogP contribution in [0.3, 0.4) is 0 Å². The molecule has 1 heterocycles. The summed E-state index contributed by atoms with van der Waals surface area (Å²) in [7, 11) is 1.61. The predicted octanol–water partition coefficient (Wildman–Crippen LogP) is 5.98. The van der Waals surface area contributed by atoms with Crippen LogP contribution in [0.1, 0.15) is 30.9 Å². The number of nitrogens with zero attached hydrogens (tertiary/aromatic N) is 1. The number of para-hydroxylation sites is 1. The van der Waals surface area contributed by atoms with Crippen molar-refractivity contribution in [2.45, 2.75) is 26.3 Å². The van der Waals surface area contributed by atoms with Gasteiger partial charge in [-0.1, -0.05) is 42.5 Å². The number of carbonyl (C=O) groups excluding carboxylic acids is 2. The van der Waals surface area contributed by atoms with Crippen molar-refractivity contribution < 1.29 is 28.5 Å². The highest BCUT2D eigenvalue weighted by atomic mass is 16.5. The SMILES string of the molecule is CCOC(=O)C1=CN(Cc2ccc(OC)cc2)C=C(C(=O)OCC)C1c1cccc(Oc2ccccc2)c1. The van der Waals surface area contributed by atoms with Gasteiger partial charge in [-0.25, -0.2) is 9.59 Å². The Bertz CT molecular complexity index is 1280. The Morgan fingerprint density at radius 3 is 1.92 bits per heavy atom. The summed E-state index contributed by atoms with van der Waals surface area (Å²) in [5.74, 6) is 0.320. The number of methoxy groups -OCH3 is 1. The van der Waals surface area contributed by atoms with Gasteiger partial charge in [-0.15, -0.1) is 0 Å². The third-order valence-electron chi connectivity index (χ3n) is 5.95. The molecule has 3 aromatic carbocycles. The number of benzene rings is 3. The Kier molecular flexibility index (Phi) is 8.82.